The Balaban J connectivity index is 4.47. The second-order valence-electron chi connectivity index (χ2n) is 15.3. The van der Waals surface area contributed by atoms with Crippen molar-refractivity contribution in [3.8, 4) is 0 Å². The molecular formula is C44H80NO8P. The zero-order valence-electron chi connectivity index (χ0n) is 35.0. The van der Waals surface area contributed by atoms with Crippen LogP contribution in [0.1, 0.15) is 155 Å². The largest absolute Gasteiger partial charge is 0.756 e. The molecule has 0 saturated carbocycles. The predicted molar refractivity (Wildman–Crippen MR) is 223 cm³/mol. The molecule has 314 valence electrons. The predicted octanol–water partition coefficient (Wildman–Crippen LogP) is 10.8. The van der Waals surface area contributed by atoms with Crippen LogP contribution in [-0.4, -0.2) is 75.3 Å². The number of allylic oxidation sites excluding steroid dienone is 7. The molecule has 3 atom stereocenters. The van der Waals surface area contributed by atoms with Gasteiger partial charge in [-0.3, -0.25) is 9.36 Å². The van der Waals surface area contributed by atoms with Crippen LogP contribution in [0.2, 0.25) is 0 Å². The number of phosphoric acid groups is 1. The van der Waals surface area contributed by atoms with Crippen molar-refractivity contribution in [1.29, 1.82) is 0 Å². The number of carbonyl (C=O) groups excluding carboxylic acids is 1. The number of nitrogens with zero attached hydrogens (tertiary/aromatic N) is 1. The van der Waals surface area contributed by atoms with Crippen molar-refractivity contribution in [2.45, 2.75) is 167 Å². The van der Waals surface area contributed by atoms with E-state index in [0.717, 1.165) is 32.1 Å². The minimum Gasteiger partial charge on any atom is -0.756 e. The van der Waals surface area contributed by atoms with Gasteiger partial charge in [0.25, 0.3) is 7.82 Å². The third-order valence-corrected chi connectivity index (χ3v) is 9.71. The number of ether oxygens (including phenoxy) is 2. The van der Waals surface area contributed by atoms with Gasteiger partial charge in [-0.15, -0.1) is 0 Å². The van der Waals surface area contributed by atoms with Crippen LogP contribution >= 0.6 is 7.82 Å². The van der Waals surface area contributed by atoms with Crippen molar-refractivity contribution < 1.29 is 42.4 Å². The van der Waals surface area contributed by atoms with E-state index in [-0.39, 0.29) is 32.2 Å². The van der Waals surface area contributed by atoms with E-state index in [2.05, 4.69) is 19.9 Å². The number of aliphatic hydroxyl groups excluding tert-OH is 1. The summed E-state index contributed by atoms with van der Waals surface area (Å²) in [7, 11) is 1.29. The molecule has 0 fully saturated rings. The summed E-state index contributed by atoms with van der Waals surface area (Å²) in [4.78, 5) is 24.8. The first-order valence-electron chi connectivity index (χ1n) is 21.2. The molecule has 0 radical (unpaired) electrons. The highest BCUT2D eigenvalue weighted by atomic mass is 31.2. The number of likely N-dealkylation sites (N-methyl/N-ethyl adjacent to an activating group) is 1. The van der Waals surface area contributed by atoms with Gasteiger partial charge >= 0.3 is 5.97 Å². The molecular weight excluding hydrogens is 701 g/mol. The first kappa shape index (κ1) is 52.0. The molecule has 0 aromatic rings. The van der Waals surface area contributed by atoms with Gasteiger partial charge in [0.1, 0.15) is 19.8 Å². The molecule has 0 aliphatic rings. The molecule has 0 spiro atoms. The van der Waals surface area contributed by atoms with E-state index in [1.165, 1.54) is 89.9 Å². The number of aliphatic hydroxyl groups is 1. The second kappa shape index (κ2) is 36.6. The third kappa shape index (κ3) is 39.7. The first-order chi connectivity index (χ1) is 26.0. The molecule has 9 nitrogen and oxygen atoms in total. The fourth-order valence-corrected chi connectivity index (χ4v) is 6.04. The normalized spacial score (nSPS) is 14.9. The van der Waals surface area contributed by atoms with E-state index in [0.29, 0.717) is 23.9 Å². The molecule has 1 unspecified atom stereocenters. The summed E-state index contributed by atoms with van der Waals surface area (Å²) in [5.41, 5.74) is 0. The lowest BCUT2D eigenvalue weighted by Gasteiger charge is -2.28. The maximum atomic E-state index is 12.4. The lowest BCUT2D eigenvalue weighted by Crippen LogP contribution is -2.37. The Bertz CT molecular complexity index is 1070. The van der Waals surface area contributed by atoms with Gasteiger partial charge in [0.2, 0.25) is 0 Å². The van der Waals surface area contributed by atoms with Gasteiger partial charge in [0.05, 0.1) is 40.1 Å². The van der Waals surface area contributed by atoms with Crippen LogP contribution in [0.25, 0.3) is 0 Å². The van der Waals surface area contributed by atoms with Crippen molar-refractivity contribution in [3.63, 3.8) is 0 Å². The Kier molecular flexibility index (Phi) is 35.3. The monoisotopic (exact) mass is 782 g/mol. The second-order valence-corrected chi connectivity index (χ2v) is 16.7. The average molecular weight is 782 g/mol. The van der Waals surface area contributed by atoms with E-state index >= 15 is 0 Å². The summed E-state index contributed by atoms with van der Waals surface area (Å²) in [6.45, 7) is 4.51. The Morgan fingerprint density at radius 1 is 0.704 bits per heavy atom. The van der Waals surface area contributed by atoms with Crippen LogP contribution in [0.3, 0.4) is 0 Å². The molecule has 10 heteroatoms. The Morgan fingerprint density at radius 2 is 1.28 bits per heavy atom. The van der Waals surface area contributed by atoms with Crippen LogP contribution in [0.15, 0.2) is 60.9 Å². The van der Waals surface area contributed by atoms with E-state index in [4.69, 9.17) is 18.5 Å². The van der Waals surface area contributed by atoms with Crippen molar-refractivity contribution in [2.24, 2.45) is 0 Å². The Labute approximate surface area is 331 Å². The fraction of sp³-hybridized carbons (Fsp3) is 0.750. The van der Waals surface area contributed by atoms with Crippen molar-refractivity contribution in [2.75, 3.05) is 47.5 Å². The molecule has 0 saturated heterocycles. The highest BCUT2D eigenvalue weighted by Crippen LogP contribution is 2.38. The number of carbonyl (C=O) groups is 1. The molecule has 0 aromatic heterocycles. The van der Waals surface area contributed by atoms with Gasteiger partial charge in [-0.05, 0) is 57.4 Å². The SMILES string of the molecule is CCCCC/C=C\C=C/[C@@H](O)C/C=C\C/C=C/CCCC(=O)OC[C@H](COP(=O)([O-])OCC[N+](C)(C)C)O/C=C/CCCCCCCCCCCCCC. The van der Waals surface area contributed by atoms with Crippen molar-refractivity contribution >= 4 is 13.8 Å². The van der Waals surface area contributed by atoms with E-state index in [1.807, 2.05) is 63.7 Å². The number of hydrogen-bond donors (Lipinski definition) is 1. The van der Waals surface area contributed by atoms with Crippen LogP contribution < -0.4 is 4.89 Å². The highest BCUT2D eigenvalue weighted by molar-refractivity contribution is 7.45. The average Bonchev–Trinajstić information content (AvgIpc) is 3.12. The molecule has 0 bridgehead atoms. The number of hydrogen-bond acceptors (Lipinski definition) is 8. The number of quaternary nitrogens is 1. The summed E-state index contributed by atoms with van der Waals surface area (Å²) in [6.07, 6.45) is 42.2. The lowest BCUT2D eigenvalue weighted by molar-refractivity contribution is -0.870. The molecule has 0 aliphatic heterocycles. The standard InChI is InChI=1S/C44H80NO8P/c1-6-8-10-12-14-15-16-17-18-19-20-25-29-33-38-50-43(41-53-54(48,49)52-39-37-45(3,4)5)40-51-44(47)36-32-28-24-21-23-27-31-35-42(46)34-30-26-22-13-11-9-7-2/h21-22,24,26-27,30-31,33-34,38,42-43,46H,6-20,23,25,28-29,32,35-37,39-41H2,1-5H3/b24-21+,26-22-,31-27-,34-30-,38-33+/t42-,43-/m1/s1. The topological polar surface area (TPSA) is 114 Å². The van der Waals surface area contributed by atoms with E-state index in [9.17, 15) is 19.4 Å². The fourth-order valence-electron chi connectivity index (χ4n) is 5.31. The van der Waals surface area contributed by atoms with Gasteiger partial charge in [0.15, 0.2) is 6.10 Å². The number of rotatable bonds is 38. The van der Waals surface area contributed by atoms with Gasteiger partial charge < -0.3 is 33.0 Å². The summed E-state index contributed by atoms with van der Waals surface area (Å²) >= 11 is 0. The quantitative estimate of drug-likeness (QED) is 0.0125. The van der Waals surface area contributed by atoms with Crippen LogP contribution in [0.5, 0.6) is 0 Å². The number of unbranched alkanes of at least 4 members (excludes halogenated alkanes) is 16. The molecule has 0 rings (SSSR count). The van der Waals surface area contributed by atoms with Crippen molar-refractivity contribution in [3.05, 3.63) is 60.9 Å². The van der Waals surface area contributed by atoms with Crippen LogP contribution in [-0.2, 0) is 27.9 Å². The van der Waals surface area contributed by atoms with Gasteiger partial charge in [-0.2, -0.15) is 0 Å². The van der Waals surface area contributed by atoms with Crippen LogP contribution in [0, 0.1) is 0 Å². The summed E-state index contributed by atoms with van der Waals surface area (Å²) in [5.74, 6) is -0.375. The smallest absolute Gasteiger partial charge is 0.305 e. The Hall–Kier alpha value is -2.00. The summed E-state index contributed by atoms with van der Waals surface area (Å²) in [6, 6.07) is 0. The maximum Gasteiger partial charge on any atom is 0.305 e. The Morgan fingerprint density at radius 3 is 1.94 bits per heavy atom. The molecule has 0 heterocycles. The maximum absolute atomic E-state index is 12.4. The third-order valence-electron chi connectivity index (χ3n) is 8.74. The zero-order valence-corrected chi connectivity index (χ0v) is 35.9. The highest BCUT2D eigenvalue weighted by Gasteiger charge is 2.19. The van der Waals surface area contributed by atoms with Crippen molar-refractivity contribution in [1.82, 2.24) is 0 Å². The zero-order chi connectivity index (χ0) is 40.0. The van der Waals surface area contributed by atoms with E-state index < -0.39 is 20.0 Å². The first-order valence-corrected chi connectivity index (χ1v) is 22.6. The summed E-state index contributed by atoms with van der Waals surface area (Å²) in [5, 5.41) is 10.1. The van der Waals surface area contributed by atoms with Gasteiger partial charge in [-0.25, -0.2) is 0 Å². The molecule has 0 aliphatic carbocycles. The molecule has 1 N–H and O–H groups in total. The van der Waals surface area contributed by atoms with E-state index in [1.54, 1.807) is 12.3 Å². The van der Waals surface area contributed by atoms with Gasteiger partial charge in [-0.1, -0.05) is 146 Å². The minimum atomic E-state index is -4.54. The lowest BCUT2D eigenvalue weighted by atomic mass is 10.0. The minimum absolute atomic E-state index is 0.00650. The number of phosphoric ester groups is 1. The molecule has 54 heavy (non-hydrogen) atoms. The summed E-state index contributed by atoms with van der Waals surface area (Å²) < 4.78 is 34.2. The molecule has 0 amide bonds. The number of esters is 1. The molecule has 0 aromatic carbocycles. The van der Waals surface area contributed by atoms with Crippen LogP contribution in [0.4, 0.5) is 0 Å². The van der Waals surface area contributed by atoms with Gasteiger partial charge in [0, 0.05) is 6.42 Å².